The Labute approximate surface area is 142 Å². The van der Waals surface area contributed by atoms with Gasteiger partial charge in [0.2, 0.25) is 0 Å². The van der Waals surface area contributed by atoms with Gasteiger partial charge in [-0.2, -0.15) is 0 Å². The number of rotatable bonds is 3. The van der Waals surface area contributed by atoms with Crippen molar-refractivity contribution >= 4 is 6.09 Å². The monoisotopic (exact) mass is 327 g/mol. The van der Waals surface area contributed by atoms with Gasteiger partial charge < -0.3 is 9.64 Å². The maximum Gasteiger partial charge on any atom is 0.410 e. The third kappa shape index (κ3) is 3.94. The first-order valence-electron chi connectivity index (χ1n) is 8.26. The van der Waals surface area contributed by atoms with Crippen LogP contribution >= 0.6 is 0 Å². The van der Waals surface area contributed by atoms with Crippen molar-refractivity contribution in [3.63, 3.8) is 0 Å². The topological polar surface area (TPSA) is 29.5 Å². The van der Waals surface area contributed by atoms with Crippen LogP contribution in [0.4, 0.5) is 9.18 Å². The molecule has 0 saturated carbocycles. The van der Waals surface area contributed by atoms with E-state index in [1.807, 2.05) is 60.7 Å². The first-order valence-corrected chi connectivity index (χ1v) is 8.26. The van der Waals surface area contributed by atoms with Crippen molar-refractivity contribution in [2.75, 3.05) is 6.54 Å². The minimum Gasteiger partial charge on any atom is -0.445 e. The van der Waals surface area contributed by atoms with Gasteiger partial charge in [-0.05, 0) is 24.5 Å². The number of hydrogen-bond acceptors (Lipinski definition) is 2. The van der Waals surface area contributed by atoms with Crippen LogP contribution < -0.4 is 0 Å². The molecule has 2 unspecified atom stereocenters. The van der Waals surface area contributed by atoms with Gasteiger partial charge in [-0.25, -0.2) is 9.18 Å². The molecule has 1 heterocycles. The van der Waals surface area contributed by atoms with Gasteiger partial charge in [-0.3, -0.25) is 0 Å². The largest absolute Gasteiger partial charge is 0.445 e. The Bertz CT molecular complexity index is 673. The second-order valence-corrected chi connectivity index (χ2v) is 6.53. The molecule has 1 amide bonds. The number of carbonyl (C=O) groups excluding carboxylic acids is 1. The molecule has 1 fully saturated rings. The van der Waals surface area contributed by atoms with Crippen LogP contribution in [0, 0.1) is 0 Å². The van der Waals surface area contributed by atoms with Crippen molar-refractivity contribution in [1.82, 2.24) is 4.90 Å². The van der Waals surface area contributed by atoms with Crippen LogP contribution in [0.1, 0.15) is 36.9 Å². The average molecular weight is 327 g/mol. The summed E-state index contributed by atoms with van der Waals surface area (Å²) in [6, 6.07) is 18.9. The molecule has 0 bridgehead atoms. The van der Waals surface area contributed by atoms with Crippen molar-refractivity contribution < 1.29 is 13.9 Å². The van der Waals surface area contributed by atoms with Crippen molar-refractivity contribution in [2.24, 2.45) is 0 Å². The molecule has 2 aromatic carbocycles. The summed E-state index contributed by atoms with van der Waals surface area (Å²) in [4.78, 5) is 14.2. The molecule has 0 aromatic heterocycles. The molecule has 1 aliphatic rings. The Kier molecular flexibility index (Phi) is 4.84. The second kappa shape index (κ2) is 7.04. The molecule has 0 radical (unpaired) electrons. The van der Waals surface area contributed by atoms with Crippen molar-refractivity contribution in [3.8, 4) is 0 Å². The maximum absolute atomic E-state index is 14.5. The summed E-state index contributed by atoms with van der Waals surface area (Å²) in [7, 11) is 0. The second-order valence-electron chi connectivity index (χ2n) is 6.53. The highest BCUT2D eigenvalue weighted by Gasteiger charge is 2.39. The van der Waals surface area contributed by atoms with Gasteiger partial charge in [0, 0.05) is 13.0 Å². The van der Waals surface area contributed by atoms with Crippen LogP contribution in [-0.2, 0) is 11.3 Å². The summed E-state index contributed by atoms with van der Waals surface area (Å²) in [6.07, 6.45) is 0.233. The minimum absolute atomic E-state index is 0.227. The van der Waals surface area contributed by atoms with E-state index in [9.17, 15) is 9.18 Å². The van der Waals surface area contributed by atoms with E-state index in [2.05, 4.69) is 0 Å². The normalized spacial score (nSPS) is 23.8. The summed E-state index contributed by atoms with van der Waals surface area (Å²) >= 11 is 0. The molecule has 4 heteroatoms. The van der Waals surface area contributed by atoms with Crippen LogP contribution in [0.3, 0.4) is 0 Å². The molecular formula is C20H22FNO2. The van der Waals surface area contributed by atoms with Gasteiger partial charge >= 0.3 is 6.09 Å². The van der Waals surface area contributed by atoms with Gasteiger partial charge in [0.05, 0.1) is 6.04 Å². The van der Waals surface area contributed by atoms with Crippen LogP contribution in [0.25, 0.3) is 0 Å². The standard InChI is InChI=1S/C20H22FNO2/c1-20(21)12-13-22(18(14-20)17-10-6-3-7-11-17)19(23)24-15-16-8-4-2-5-9-16/h2-11,18H,12-15H2,1H3. The van der Waals surface area contributed by atoms with Crippen LogP contribution in [-0.4, -0.2) is 23.2 Å². The minimum atomic E-state index is -1.27. The third-order valence-electron chi connectivity index (χ3n) is 4.49. The zero-order valence-corrected chi connectivity index (χ0v) is 13.8. The number of alkyl halides is 1. The Hall–Kier alpha value is -2.36. The molecule has 1 saturated heterocycles. The molecule has 3 nitrogen and oxygen atoms in total. The highest BCUT2D eigenvalue weighted by Crippen LogP contribution is 2.38. The summed E-state index contributed by atoms with van der Waals surface area (Å²) in [5.41, 5.74) is 0.615. The lowest BCUT2D eigenvalue weighted by Crippen LogP contribution is -2.45. The van der Waals surface area contributed by atoms with Crippen molar-refractivity contribution in [3.05, 3.63) is 71.8 Å². The highest BCUT2D eigenvalue weighted by atomic mass is 19.1. The van der Waals surface area contributed by atoms with E-state index in [0.29, 0.717) is 13.0 Å². The Morgan fingerprint density at radius 2 is 1.79 bits per heavy atom. The SMILES string of the molecule is CC1(F)CCN(C(=O)OCc2ccccc2)C(c2ccccc2)C1. The number of nitrogens with zero attached hydrogens (tertiary/aromatic N) is 1. The van der Waals surface area contributed by atoms with E-state index >= 15 is 0 Å². The van der Waals surface area contributed by atoms with Gasteiger partial charge in [0.15, 0.2) is 0 Å². The summed E-state index contributed by atoms with van der Waals surface area (Å²) in [5, 5.41) is 0. The van der Waals surface area contributed by atoms with E-state index in [4.69, 9.17) is 4.74 Å². The van der Waals surface area contributed by atoms with Crippen LogP contribution in [0.15, 0.2) is 60.7 Å². The van der Waals surface area contributed by atoms with Crippen molar-refractivity contribution in [2.45, 2.75) is 38.1 Å². The lowest BCUT2D eigenvalue weighted by Gasteiger charge is -2.40. The van der Waals surface area contributed by atoms with Crippen molar-refractivity contribution in [1.29, 1.82) is 0 Å². The van der Waals surface area contributed by atoms with E-state index in [1.165, 1.54) is 0 Å². The Morgan fingerprint density at radius 1 is 1.17 bits per heavy atom. The smallest absolute Gasteiger partial charge is 0.410 e. The predicted molar refractivity (Wildman–Crippen MR) is 91.3 cm³/mol. The molecule has 2 aromatic rings. The number of likely N-dealkylation sites (tertiary alicyclic amines) is 1. The van der Waals surface area contributed by atoms with Gasteiger partial charge in [-0.15, -0.1) is 0 Å². The number of ether oxygens (including phenoxy) is 1. The highest BCUT2D eigenvalue weighted by molar-refractivity contribution is 5.68. The molecular weight excluding hydrogens is 305 g/mol. The maximum atomic E-state index is 14.5. The third-order valence-corrected chi connectivity index (χ3v) is 4.49. The van der Waals surface area contributed by atoms with E-state index in [0.717, 1.165) is 11.1 Å². The molecule has 0 spiro atoms. The fourth-order valence-electron chi connectivity index (χ4n) is 3.12. The van der Waals surface area contributed by atoms with Gasteiger partial charge in [0.1, 0.15) is 12.3 Å². The molecule has 1 aliphatic heterocycles. The first-order chi connectivity index (χ1) is 11.6. The first kappa shape index (κ1) is 16.5. The summed E-state index contributed by atoms with van der Waals surface area (Å²) in [6.45, 7) is 2.19. The van der Waals surface area contributed by atoms with Crippen LogP contribution in [0.2, 0.25) is 0 Å². The molecule has 24 heavy (non-hydrogen) atoms. The number of hydrogen-bond donors (Lipinski definition) is 0. The lowest BCUT2D eigenvalue weighted by atomic mass is 9.86. The number of amides is 1. The van der Waals surface area contributed by atoms with E-state index in [-0.39, 0.29) is 25.2 Å². The fourth-order valence-corrected chi connectivity index (χ4v) is 3.12. The average Bonchev–Trinajstić information content (AvgIpc) is 2.60. The molecule has 3 rings (SSSR count). The molecule has 0 N–H and O–H groups in total. The Morgan fingerprint density at radius 3 is 2.46 bits per heavy atom. The quantitative estimate of drug-likeness (QED) is 0.803. The number of carbonyl (C=O) groups is 1. The number of piperidine rings is 1. The zero-order valence-electron chi connectivity index (χ0n) is 13.8. The predicted octanol–water partition coefficient (Wildman–Crippen LogP) is 4.89. The summed E-state index contributed by atoms with van der Waals surface area (Å²) in [5.74, 6) is 0. The number of halogens is 1. The zero-order chi connectivity index (χ0) is 17.0. The fraction of sp³-hybridized carbons (Fsp3) is 0.350. The number of benzene rings is 2. The van der Waals surface area contributed by atoms with E-state index < -0.39 is 5.67 Å². The Balaban J connectivity index is 1.73. The molecule has 2 atom stereocenters. The molecule has 126 valence electrons. The lowest BCUT2D eigenvalue weighted by molar-refractivity contribution is 0.0175. The van der Waals surface area contributed by atoms with E-state index in [1.54, 1.807) is 11.8 Å². The summed E-state index contributed by atoms with van der Waals surface area (Å²) < 4.78 is 20.0. The van der Waals surface area contributed by atoms with Gasteiger partial charge in [0.25, 0.3) is 0 Å². The molecule has 0 aliphatic carbocycles. The van der Waals surface area contributed by atoms with Gasteiger partial charge in [-0.1, -0.05) is 60.7 Å². The van der Waals surface area contributed by atoms with Crippen LogP contribution in [0.5, 0.6) is 0 Å².